The highest BCUT2D eigenvalue weighted by molar-refractivity contribution is 4.49. The van der Waals surface area contributed by atoms with Crippen molar-refractivity contribution in [3.8, 4) is 0 Å². The Kier molecular flexibility index (Phi) is 4.60. The van der Waals surface area contributed by atoms with Crippen molar-refractivity contribution in [3.63, 3.8) is 0 Å². The van der Waals surface area contributed by atoms with Gasteiger partial charge in [0.25, 0.3) is 0 Å². The van der Waals surface area contributed by atoms with Crippen molar-refractivity contribution in [3.05, 3.63) is 0 Å². The average molecular weight is 164 g/mol. The maximum atomic E-state index is 8.51. The first-order valence-corrected chi connectivity index (χ1v) is 3.64. The standard InChI is InChI=1S/C4H8O2.C3H8O2/c5-4-2-1-3-6-4;1-3(2,4)5/h4-5H,1-3H2;4-5H,1-2H3. The molecule has 0 amide bonds. The van der Waals surface area contributed by atoms with Crippen LogP contribution in [-0.2, 0) is 4.74 Å². The summed E-state index contributed by atoms with van der Waals surface area (Å²) in [5.74, 6) is -1.50. The Morgan fingerprint density at radius 1 is 1.36 bits per heavy atom. The minimum atomic E-state index is -1.50. The molecule has 1 unspecified atom stereocenters. The molecule has 4 nitrogen and oxygen atoms in total. The van der Waals surface area contributed by atoms with E-state index >= 15 is 0 Å². The van der Waals surface area contributed by atoms with Crippen LogP contribution in [0.4, 0.5) is 0 Å². The van der Waals surface area contributed by atoms with E-state index < -0.39 is 12.1 Å². The topological polar surface area (TPSA) is 69.9 Å². The Labute approximate surface area is 66.4 Å². The van der Waals surface area contributed by atoms with Gasteiger partial charge in [0.2, 0.25) is 0 Å². The largest absolute Gasteiger partial charge is 0.368 e. The first-order valence-electron chi connectivity index (χ1n) is 3.64. The van der Waals surface area contributed by atoms with Crippen LogP contribution in [-0.4, -0.2) is 34.0 Å². The molecule has 0 aromatic heterocycles. The van der Waals surface area contributed by atoms with E-state index in [1.54, 1.807) is 0 Å². The molecule has 4 heteroatoms. The van der Waals surface area contributed by atoms with Crippen molar-refractivity contribution in [2.45, 2.75) is 38.8 Å². The lowest BCUT2D eigenvalue weighted by atomic mass is 10.4. The summed E-state index contributed by atoms with van der Waals surface area (Å²) >= 11 is 0. The molecule has 1 aliphatic heterocycles. The molecule has 0 aromatic rings. The minimum absolute atomic E-state index is 0.454. The second-order valence-electron chi connectivity index (χ2n) is 2.96. The molecule has 1 saturated heterocycles. The number of hydrogen-bond donors (Lipinski definition) is 3. The zero-order chi connectivity index (χ0) is 8.91. The molecule has 3 N–H and O–H groups in total. The summed E-state index contributed by atoms with van der Waals surface area (Å²) < 4.78 is 4.71. The van der Waals surface area contributed by atoms with Crippen molar-refractivity contribution < 1.29 is 20.1 Å². The molecule has 1 fully saturated rings. The highest BCUT2D eigenvalue weighted by Gasteiger charge is 2.09. The fraction of sp³-hybridized carbons (Fsp3) is 1.00. The predicted octanol–water partition coefficient (Wildman–Crippen LogP) is -0.178. The van der Waals surface area contributed by atoms with E-state index in [-0.39, 0.29) is 0 Å². The van der Waals surface area contributed by atoms with Gasteiger partial charge in [-0.1, -0.05) is 0 Å². The molecule has 68 valence electrons. The van der Waals surface area contributed by atoms with Crippen LogP contribution in [0.15, 0.2) is 0 Å². The van der Waals surface area contributed by atoms with Crippen LogP contribution in [0.1, 0.15) is 26.7 Å². The van der Waals surface area contributed by atoms with Crippen molar-refractivity contribution >= 4 is 0 Å². The van der Waals surface area contributed by atoms with Crippen LogP contribution in [0.5, 0.6) is 0 Å². The number of hydrogen-bond acceptors (Lipinski definition) is 4. The molecule has 0 radical (unpaired) electrons. The van der Waals surface area contributed by atoms with Crippen molar-refractivity contribution in [1.29, 1.82) is 0 Å². The van der Waals surface area contributed by atoms with Gasteiger partial charge in [0.15, 0.2) is 12.1 Å². The third kappa shape index (κ3) is 12.9. The smallest absolute Gasteiger partial charge is 0.156 e. The molecule has 1 atom stereocenters. The fourth-order valence-corrected chi connectivity index (χ4v) is 0.561. The summed E-state index contributed by atoms with van der Waals surface area (Å²) in [7, 11) is 0. The third-order valence-corrected chi connectivity index (χ3v) is 0.906. The number of rotatable bonds is 0. The summed E-state index contributed by atoms with van der Waals surface area (Å²) in [6, 6.07) is 0. The normalized spacial score (nSPS) is 24.3. The molecule has 11 heavy (non-hydrogen) atoms. The van der Waals surface area contributed by atoms with Gasteiger partial charge < -0.3 is 20.1 Å². The maximum absolute atomic E-state index is 8.51. The lowest BCUT2D eigenvalue weighted by Crippen LogP contribution is -2.15. The molecule has 0 saturated carbocycles. The van der Waals surface area contributed by atoms with Crippen LogP contribution in [0.3, 0.4) is 0 Å². The van der Waals surface area contributed by atoms with Gasteiger partial charge in [-0.15, -0.1) is 0 Å². The van der Waals surface area contributed by atoms with E-state index in [1.165, 1.54) is 13.8 Å². The average Bonchev–Trinajstić information content (AvgIpc) is 2.12. The first kappa shape index (κ1) is 10.8. The predicted molar refractivity (Wildman–Crippen MR) is 39.7 cm³/mol. The highest BCUT2D eigenvalue weighted by atomic mass is 16.6. The van der Waals surface area contributed by atoms with Crippen molar-refractivity contribution in [1.82, 2.24) is 0 Å². The molecule has 1 rings (SSSR count). The summed E-state index contributed by atoms with van der Waals surface area (Å²) in [5, 5.41) is 24.7. The summed E-state index contributed by atoms with van der Waals surface area (Å²) in [5.41, 5.74) is 0. The molecule has 1 aliphatic rings. The lowest BCUT2D eigenvalue weighted by Gasteiger charge is -2.03. The van der Waals surface area contributed by atoms with E-state index in [1.807, 2.05) is 0 Å². The van der Waals surface area contributed by atoms with Crippen LogP contribution < -0.4 is 0 Å². The van der Waals surface area contributed by atoms with Gasteiger partial charge in [-0.2, -0.15) is 0 Å². The van der Waals surface area contributed by atoms with Crippen LogP contribution in [0.25, 0.3) is 0 Å². The Bertz CT molecular complexity index is 85.1. The molecule has 0 aromatic carbocycles. The maximum Gasteiger partial charge on any atom is 0.156 e. The van der Waals surface area contributed by atoms with Crippen LogP contribution in [0.2, 0.25) is 0 Å². The second kappa shape index (κ2) is 4.66. The lowest BCUT2D eigenvalue weighted by molar-refractivity contribution is -0.127. The first-order chi connectivity index (χ1) is 4.89. The van der Waals surface area contributed by atoms with E-state index in [4.69, 9.17) is 20.1 Å². The van der Waals surface area contributed by atoms with E-state index in [0.717, 1.165) is 19.4 Å². The van der Waals surface area contributed by atoms with Gasteiger partial charge in [-0.05, 0) is 20.3 Å². The van der Waals surface area contributed by atoms with Gasteiger partial charge in [-0.3, -0.25) is 0 Å². The zero-order valence-electron chi connectivity index (χ0n) is 6.95. The zero-order valence-corrected chi connectivity index (χ0v) is 6.95. The molecular formula is C7H16O4. The van der Waals surface area contributed by atoms with Gasteiger partial charge in [0.05, 0.1) is 0 Å². The monoisotopic (exact) mass is 164 g/mol. The van der Waals surface area contributed by atoms with E-state index in [9.17, 15) is 0 Å². The molecule has 1 heterocycles. The van der Waals surface area contributed by atoms with Gasteiger partial charge >= 0.3 is 0 Å². The summed E-state index contributed by atoms with van der Waals surface area (Å²) in [4.78, 5) is 0. The van der Waals surface area contributed by atoms with Gasteiger partial charge in [0, 0.05) is 13.0 Å². The molecular weight excluding hydrogens is 148 g/mol. The SMILES string of the molecule is CC(C)(O)O.OC1CCCO1. The van der Waals surface area contributed by atoms with Crippen molar-refractivity contribution in [2.24, 2.45) is 0 Å². The van der Waals surface area contributed by atoms with Gasteiger partial charge in [0.1, 0.15) is 0 Å². The fourth-order valence-electron chi connectivity index (χ4n) is 0.561. The van der Waals surface area contributed by atoms with Crippen LogP contribution in [0, 0.1) is 0 Å². The Morgan fingerprint density at radius 2 is 1.82 bits per heavy atom. The Morgan fingerprint density at radius 3 is 1.91 bits per heavy atom. The Hall–Kier alpha value is -0.160. The number of aliphatic hydroxyl groups is 3. The summed E-state index contributed by atoms with van der Waals surface area (Å²) in [6.07, 6.45) is 1.38. The Balaban J connectivity index is 0.000000187. The third-order valence-electron chi connectivity index (χ3n) is 0.906. The molecule has 0 aliphatic carbocycles. The van der Waals surface area contributed by atoms with Crippen LogP contribution >= 0.6 is 0 Å². The van der Waals surface area contributed by atoms with Gasteiger partial charge in [-0.25, -0.2) is 0 Å². The highest BCUT2D eigenvalue weighted by Crippen LogP contribution is 2.07. The second-order valence-corrected chi connectivity index (χ2v) is 2.96. The van der Waals surface area contributed by atoms with E-state index in [2.05, 4.69) is 0 Å². The van der Waals surface area contributed by atoms with E-state index in [0.29, 0.717) is 0 Å². The minimum Gasteiger partial charge on any atom is -0.368 e. The van der Waals surface area contributed by atoms with Crippen molar-refractivity contribution in [2.75, 3.05) is 6.61 Å². The summed E-state index contributed by atoms with van der Waals surface area (Å²) in [6.45, 7) is 3.33. The quantitative estimate of drug-likeness (QED) is 0.434. The molecule has 0 spiro atoms. The molecule has 0 bridgehead atoms. The number of ether oxygens (including phenoxy) is 1. The number of aliphatic hydroxyl groups excluding tert-OH is 1.